The van der Waals surface area contributed by atoms with Gasteiger partial charge in [-0.05, 0) is 31.5 Å². The number of nitrogens with zero attached hydrogens (tertiary/aromatic N) is 1. The number of carbonyl (C=O) groups excluding carboxylic acids is 1. The summed E-state index contributed by atoms with van der Waals surface area (Å²) in [4.78, 5) is 12.7. The minimum Gasteiger partial charge on any atom is -0.493 e. The minimum atomic E-state index is -0.154. The van der Waals surface area contributed by atoms with Crippen LogP contribution in [0, 0.1) is 6.92 Å². The van der Waals surface area contributed by atoms with E-state index in [4.69, 9.17) is 9.47 Å². The fourth-order valence-electron chi connectivity index (χ4n) is 3.06. The van der Waals surface area contributed by atoms with Crippen LogP contribution < -0.4 is 19.1 Å². The Kier molecular flexibility index (Phi) is 5.13. The number of nitrogens with one attached hydrogen (secondary N) is 1. The number of hydrogen-bond donors (Lipinski definition) is 2. The maximum absolute atomic E-state index is 12.7. The Morgan fingerprint density at radius 2 is 1.73 bits per heavy atom. The zero-order valence-electron chi connectivity index (χ0n) is 15.3. The zero-order chi connectivity index (χ0) is 18.8. The molecular formula is C20H22N2O3S. The van der Waals surface area contributed by atoms with Gasteiger partial charge in [0.2, 0.25) is 0 Å². The molecule has 1 N–H and O–H groups in total. The molecule has 5 nitrogen and oxygen atoms in total. The van der Waals surface area contributed by atoms with Crippen LogP contribution in [0.3, 0.4) is 0 Å². The number of carbonyl (C=O) groups is 1. The molecule has 26 heavy (non-hydrogen) atoms. The van der Waals surface area contributed by atoms with Gasteiger partial charge in [0, 0.05) is 17.3 Å². The predicted octanol–water partition coefficient (Wildman–Crippen LogP) is 4.44. The van der Waals surface area contributed by atoms with E-state index in [1.165, 1.54) is 5.56 Å². The van der Waals surface area contributed by atoms with Crippen molar-refractivity contribution >= 4 is 35.7 Å². The number of benzene rings is 2. The molecule has 0 aliphatic carbocycles. The average molecular weight is 370 g/mol. The molecular weight excluding hydrogens is 348 g/mol. The third kappa shape index (κ3) is 3.12. The number of fused-ring (bicyclic) bond motifs is 1. The van der Waals surface area contributed by atoms with E-state index in [1.807, 2.05) is 44.2 Å². The molecule has 2 aromatic carbocycles. The highest BCUT2D eigenvalue weighted by Gasteiger charge is 2.30. The molecule has 2 aromatic rings. The van der Waals surface area contributed by atoms with Gasteiger partial charge in [-0.2, -0.15) is 0 Å². The van der Waals surface area contributed by atoms with E-state index >= 15 is 0 Å². The van der Waals surface area contributed by atoms with E-state index in [0.717, 1.165) is 16.9 Å². The second kappa shape index (κ2) is 7.33. The van der Waals surface area contributed by atoms with Crippen molar-refractivity contribution in [3.05, 3.63) is 53.2 Å². The fraction of sp³-hybridized carbons (Fsp3) is 0.250. The number of rotatable bonds is 5. The Morgan fingerprint density at radius 3 is 2.31 bits per heavy atom. The first-order chi connectivity index (χ1) is 12.5. The monoisotopic (exact) mass is 370 g/mol. The highest BCUT2D eigenvalue weighted by Crippen LogP contribution is 2.43. The fourth-order valence-corrected chi connectivity index (χ4v) is 3.43. The van der Waals surface area contributed by atoms with E-state index in [-0.39, 0.29) is 5.91 Å². The summed E-state index contributed by atoms with van der Waals surface area (Å²) in [7, 11) is 3.15. The van der Waals surface area contributed by atoms with Gasteiger partial charge < -0.3 is 14.8 Å². The van der Waals surface area contributed by atoms with E-state index in [9.17, 15) is 4.79 Å². The standard InChI is InChI=1S/C20H22N2O3S/c1-5-16(22(26)13-8-6-12(2)7-9-13)19-14-10-17(24-3)18(25-4)11-15(14)21-20(19)23/h6-11,26H,5H2,1-4H3,(H,21,23)/b19-16-. The third-order valence-electron chi connectivity index (χ3n) is 4.43. The molecule has 136 valence electrons. The Balaban J connectivity index is 2.14. The molecule has 1 amide bonds. The molecule has 0 spiro atoms. The molecule has 1 heterocycles. The van der Waals surface area contributed by atoms with Crippen LogP contribution in [0.25, 0.3) is 5.57 Å². The van der Waals surface area contributed by atoms with Crippen LogP contribution in [-0.4, -0.2) is 20.1 Å². The van der Waals surface area contributed by atoms with Crippen LogP contribution >= 0.6 is 12.8 Å². The Bertz CT molecular complexity index is 875. The quantitative estimate of drug-likeness (QED) is 0.604. The number of allylic oxidation sites excluding steroid dienone is 1. The molecule has 0 bridgehead atoms. The highest BCUT2D eigenvalue weighted by atomic mass is 32.1. The summed E-state index contributed by atoms with van der Waals surface area (Å²) >= 11 is 4.66. The van der Waals surface area contributed by atoms with Gasteiger partial charge in [-0.1, -0.05) is 37.4 Å². The van der Waals surface area contributed by atoms with Crippen molar-refractivity contribution in [2.24, 2.45) is 0 Å². The first kappa shape index (κ1) is 18.2. The number of amides is 1. The maximum Gasteiger partial charge on any atom is 0.258 e. The second-order valence-corrected chi connectivity index (χ2v) is 6.43. The van der Waals surface area contributed by atoms with Crippen LogP contribution in [0.2, 0.25) is 0 Å². The Labute approximate surface area is 159 Å². The highest BCUT2D eigenvalue weighted by molar-refractivity contribution is 7.82. The largest absolute Gasteiger partial charge is 0.493 e. The molecule has 0 saturated heterocycles. The molecule has 0 radical (unpaired) electrons. The lowest BCUT2D eigenvalue weighted by Crippen LogP contribution is -2.15. The van der Waals surface area contributed by atoms with E-state index < -0.39 is 0 Å². The molecule has 3 rings (SSSR count). The maximum atomic E-state index is 12.7. The zero-order valence-corrected chi connectivity index (χ0v) is 16.2. The molecule has 0 unspecified atom stereocenters. The van der Waals surface area contributed by atoms with Crippen molar-refractivity contribution in [1.29, 1.82) is 0 Å². The molecule has 0 atom stereocenters. The van der Waals surface area contributed by atoms with Crippen molar-refractivity contribution in [3.8, 4) is 11.5 Å². The summed E-state index contributed by atoms with van der Waals surface area (Å²) in [6, 6.07) is 11.6. The first-order valence-electron chi connectivity index (χ1n) is 8.36. The van der Waals surface area contributed by atoms with Gasteiger partial charge in [-0.15, -0.1) is 0 Å². The number of thiol groups is 1. The topological polar surface area (TPSA) is 50.8 Å². The predicted molar refractivity (Wildman–Crippen MR) is 108 cm³/mol. The number of anilines is 2. The summed E-state index contributed by atoms with van der Waals surface area (Å²) < 4.78 is 12.5. The second-order valence-electron chi connectivity index (χ2n) is 6.03. The summed E-state index contributed by atoms with van der Waals surface area (Å²) in [5.41, 5.74) is 4.99. The summed E-state index contributed by atoms with van der Waals surface area (Å²) in [6.07, 6.45) is 0.647. The van der Waals surface area contributed by atoms with Gasteiger partial charge in [0.05, 0.1) is 31.2 Å². The lowest BCUT2D eigenvalue weighted by Gasteiger charge is -2.22. The Hall–Kier alpha value is -2.60. The van der Waals surface area contributed by atoms with Gasteiger partial charge in [-0.3, -0.25) is 9.10 Å². The van der Waals surface area contributed by atoms with Gasteiger partial charge in [0.25, 0.3) is 5.91 Å². The molecule has 0 saturated carbocycles. The third-order valence-corrected chi connectivity index (χ3v) is 4.90. The average Bonchev–Trinajstić information content (AvgIpc) is 2.96. The number of hydrogen-bond acceptors (Lipinski definition) is 5. The number of ether oxygens (including phenoxy) is 2. The van der Waals surface area contributed by atoms with Crippen molar-refractivity contribution in [2.75, 3.05) is 23.8 Å². The van der Waals surface area contributed by atoms with Crippen molar-refractivity contribution in [2.45, 2.75) is 20.3 Å². The first-order valence-corrected chi connectivity index (χ1v) is 8.76. The minimum absolute atomic E-state index is 0.154. The normalized spacial score (nSPS) is 14.6. The van der Waals surface area contributed by atoms with E-state index in [1.54, 1.807) is 24.6 Å². The van der Waals surface area contributed by atoms with Crippen molar-refractivity contribution < 1.29 is 14.3 Å². The van der Waals surface area contributed by atoms with Gasteiger partial charge in [0.15, 0.2) is 11.5 Å². The smallest absolute Gasteiger partial charge is 0.258 e. The molecule has 6 heteroatoms. The molecule has 1 aliphatic heterocycles. The summed E-state index contributed by atoms with van der Waals surface area (Å²) in [5.74, 6) is 1.00. The van der Waals surface area contributed by atoms with Gasteiger partial charge >= 0.3 is 0 Å². The van der Waals surface area contributed by atoms with E-state index in [0.29, 0.717) is 29.2 Å². The molecule has 0 aromatic heterocycles. The van der Waals surface area contributed by atoms with Crippen molar-refractivity contribution in [1.82, 2.24) is 0 Å². The van der Waals surface area contributed by atoms with Gasteiger partial charge in [0.1, 0.15) is 0 Å². The van der Waals surface area contributed by atoms with Crippen LogP contribution in [0.1, 0.15) is 24.5 Å². The summed E-state index contributed by atoms with van der Waals surface area (Å²) in [6.45, 7) is 4.04. The van der Waals surface area contributed by atoms with Crippen LogP contribution in [-0.2, 0) is 4.79 Å². The van der Waals surface area contributed by atoms with Crippen molar-refractivity contribution in [3.63, 3.8) is 0 Å². The van der Waals surface area contributed by atoms with Crippen LogP contribution in [0.4, 0.5) is 11.4 Å². The number of methoxy groups -OCH3 is 2. The molecule has 0 fully saturated rings. The lowest BCUT2D eigenvalue weighted by atomic mass is 10.0. The van der Waals surface area contributed by atoms with Crippen LogP contribution in [0.15, 0.2) is 42.1 Å². The lowest BCUT2D eigenvalue weighted by molar-refractivity contribution is -0.110. The molecule has 1 aliphatic rings. The number of aryl methyl sites for hydroxylation is 1. The Morgan fingerprint density at radius 1 is 1.12 bits per heavy atom. The van der Waals surface area contributed by atoms with Gasteiger partial charge in [-0.25, -0.2) is 0 Å². The SMILES string of the molecule is CC/C(=C1/C(=O)Nc2cc(OC)c(OC)cc21)N(S)c1ccc(C)cc1. The van der Waals surface area contributed by atoms with Crippen LogP contribution in [0.5, 0.6) is 11.5 Å². The van der Waals surface area contributed by atoms with E-state index in [2.05, 4.69) is 18.1 Å². The summed E-state index contributed by atoms with van der Waals surface area (Å²) in [5, 5.41) is 2.91.